The van der Waals surface area contributed by atoms with Crippen molar-refractivity contribution in [1.29, 1.82) is 0 Å². The van der Waals surface area contributed by atoms with Crippen LogP contribution in [0.25, 0.3) is 5.65 Å². The lowest BCUT2D eigenvalue weighted by atomic mass is 9.97. The topological polar surface area (TPSA) is 69.8 Å². The first-order valence-corrected chi connectivity index (χ1v) is 11.7. The lowest BCUT2D eigenvalue weighted by molar-refractivity contribution is 0.140. The summed E-state index contributed by atoms with van der Waals surface area (Å²) in [4.78, 5) is 8.81. The van der Waals surface area contributed by atoms with Gasteiger partial charge in [0.1, 0.15) is 6.54 Å². The third-order valence-corrected chi connectivity index (χ3v) is 6.67. The van der Waals surface area contributed by atoms with Crippen LogP contribution in [0.5, 0.6) is 0 Å². The van der Waals surface area contributed by atoms with E-state index in [9.17, 15) is 0 Å². The van der Waals surface area contributed by atoms with Crippen LogP contribution in [0.3, 0.4) is 0 Å². The molecule has 0 aliphatic carbocycles. The number of hydrogen-bond acceptors (Lipinski definition) is 5. The first kappa shape index (κ1) is 20.8. The van der Waals surface area contributed by atoms with Crippen molar-refractivity contribution in [1.82, 2.24) is 30.1 Å². The molecule has 0 amide bonds. The zero-order chi connectivity index (χ0) is 20.8. The number of nitrogens with one attached hydrogen (secondary N) is 2. The summed E-state index contributed by atoms with van der Waals surface area (Å²) in [7, 11) is 0. The van der Waals surface area contributed by atoms with Gasteiger partial charge in [0, 0.05) is 24.2 Å². The van der Waals surface area contributed by atoms with Gasteiger partial charge in [-0.05, 0) is 62.4 Å². The molecule has 3 aromatic heterocycles. The Bertz CT molecular complexity index is 941. The molecular formula is C22H31N7S. The fourth-order valence-electron chi connectivity index (χ4n) is 3.91. The van der Waals surface area contributed by atoms with Gasteiger partial charge in [-0.3, -0.25) is 9.30 Å². The van der Waals surface area contributed by atoms with Crippen LogP contribution in [0.2, 0.25) is 0 Å². The van der Waals surface area contributed by atoms with E-state index in [0.717, 1.165) is 49.5 Å². The van der Waals surface area contributed by atoms with Crippen molar-refractivity contribution in [2.75, 3.05) is 26.2 Å². The number of aromatic nitrogens is 3. The van der Waals surface area contributed by atoms with Crippen molar-refractivity contribution in [2.24, 2.45) is 10.9 Å². The molecule has 0 spiro atoms. The largest absolute Gasteiger partial charge is 0.357 e. The Morgan fingerprint density at radius 2 is 2.07 bits per heavy atom. The summed E-state index contributed by atoms with van der Waals surface area (Å²) in [6, 6.07) is 10.7. The molecule has 1 saturated heterocycles. The normalized spacial score (nSPS) is 17.3. The van der Waals surface area contributed by atoms with Gasteiger partial charge >= 0.3 is 0 Å². The van der Waals surface area contributed by atoms with Crippen LogP contribution in [0, 0.1) is 5.92 Å². The van der Waals surface area contributed by atoms with Crippen LogP contribution in [0.4, 0.5) is 0 Å². The molecular weight excluding hydrogens is 394 g/mol. The first-order chi connectivity index (χ1) is 14.7. The Morgan fingerprint density at radius 1 is 1.20 bits per heavy atom. The molecule has 160 valence electrons. The molecule has 2 N–H and O–H groups in total. The van der Waals surface area contributed by atoms with Crippen molar-refractivity contribution in [3.05, 3.63) is 52.6 Å². The molecule has 8 heteroatoms. The third-order valence-electron chi connectivity index (χ3n) is 5.70. The Labute approximate surface area is 182 Å². The van der Waals surface area contributed by atoms with Gasteiger partial charge in [-0.2, -0.15) is 0 Å². The molecule has 1 aliphatic heterocycles. The average molecular weight is 426 g/mol. The van der Waals surface area contributed by atoms with Crippen molar-refractivity contribution in [2.45, 2.75) is 39.3 Å². The van der Waals surface area contributed by atoms with E-state index in [1.807, 2.05) is 40.1 Å². The maximum atomic E-state index is 4.77. The third kappa shape index (κ3) is 4.99. The van der Waals surface area contributed by atoms with E-state index in [2.05, 4.69) is 57.1 Å². The first-order valence-electron chi connectivity index (χ1n) is 10.8. The number of thiophene rings is 1. The number of nitrogens with zero attached hydrogens (tertiary/aromatic N) is 5. The molecule has 1 atom stereocenters. The number of piperidine rings is 1. The quantitative estimate of drug-likeness (QED) is 0.449. The SMILES string of the molecule is CCNC(=NCc1nnc2ccccn12)NCC(c1cccs1)N1CCC(C)CC1. The van der Waals surface area contributed by atoms with Gasteiger partial charge in [0.15, 0.2) is 17.4 Å². The second kappa shape index (κ2) is 10.0. The van der Waals surface area contributed by atoms with Gasteiger partial charge in [0.05, 0.1) is 6.04 Å². The van der Waals surface area contributed by atoms with E-state index in [-0.39, 0.29) is 0 Å². The lowest BCUT2D eigenvalue weighted by Gasteiger charge is -2.36. The molecule has 0 radical (unpaired) electrons. The second-order valence-corrected chi connectivity index (χ2v) is 8.85. The fraction of sp³-hybridized carbons (Fsp3) is 0.500. The van der Waals surface area contributed by atoms with E-state index in [1.165, 1.54) is 17.7 Å². The molecule has 4 rings (SSSR count). The smallest absolute Gasteiger partial charge is 0.191 e. The van der Waals surface area contributed by atoms with Crippen LogP contribution in [-0.2, 0) is 6.54 Å². The van der Waals surface area contributed by atoms with E-state index in [4.69, 9.17) is 4.99 Å². The van der Waals surface area contributed by atoms with Crippen molar-refractivity contribution >= 4 is 22.9 Å². The molecule has 1 fully saturated rings. The van der Waals surface area contributed by atoms with Gasteiger partial charge in [-0.15, -0.1) is 21.5 Å². The Balaban J connectivity index is 1.45. The zero-order valence-corrected chi connectivity index (χ0v) is 18.6. The number of pyridine rings is 1. The fourth-order valence-corrected chi connectivity index (χ4v) is 4.78. The maximum Gasteiger partial charge on any atom is 0.191 e. The van der Waals surface area contributed by atoms with Gasteiger partial charge in [-0.1, -0.05) is 19.1 Å². The van der Waals surface area contributed by atoms with Crippen molar-refractivity contribution < 1.29 is 0 Å². The predicted molar refractivity (Wildman–Crippen MR) is 123 cm³/mol. The molecule has 4 heterocycles. The highest BCUT2D eigenvalue weighted by Gasteiger charge is 2.25. The summed E-state index contributed by atoms with van der Waals surface area (Å²) < 4.78 is 1.98. The van der Waals surface area contributed by atoms with E-state index in [1.54, 1.807) is 0 Å². The summed E-state index contributed by atoms with van der Waals surface area (Å²) in [5.74, 6) is 2.48. The lowest BCUT2D eigenvalue weighted by Crippen LogP contribution is -2.45. The van der Waals surface area contributed by atoms with Gasteiger partial charge < -0.3 is 10.6 Å². The highest BCUT2D eigenvalue weighted by atomic mass is 32.1. The van der Waals surface area contributed by atoms with Crippen LogP contribution in [-0.4, -0.2) is 51.6 Å². The molecule has 30 heavy (non-hydrogen) atoms. The highest BCUT2D eigenvalue weighted by molar-refractivity contribution is 7.10. The van der Waals surface area contributed by atoms with E-state index < -0.39 is 0 Å². The van der Waals surface area contributed by atoms with Crippen LogP contribution in [0.1, 0.15) is 43.4 Å². The molecule has 0 saturated carbocycles. The van der Waals surface area contributed by atoms with Crippen molar-refractivity contribution in [3.8, 4) is 0 Å². The highest BCUT2D eigenvalue weighted by Crippen LogP contribution is 2.29. The summed E-state index contributed by atoms with van der Waals surface area (Å²) in [5.41, 5.74) is 0.845. The number of hydrogen-bond donors (Lipinski definition) is 2. The summed E-state index contributed by atoms with van der Waals surface area (Å²) in [6.07, 6.45) is 4.52. The number of likely N-dealkylation sites (tertiary alicyclic amines) is 1. The zero-order valence-electron chi connectivity index (χ0n) is 17.8. The van der Waals surface area contributed by atoms with Crippen LogP contribution in [0.15, 0.2) is 46.9 Å². The van der Waals surface area contributed by atoms with E-state index in [0.29, 0.717) is 12.6 Å². The molecule has 1 unspecified atom stereocenters. The minimum atomic E-state index is 0.371. The minimum absolute atomic E-state index is 0.371. The van der Waals surface area contributed by atoms with Gasteiger partial charge in [-0.25, -0.2) is 4.99 Å². The van der Waals surface area contributed by atoms with Crippen LogP contribution < -0.4 is 10.6 Å². The van der Waals surface area contributed by atoms with Crippen molar-refractivity contribution in [3.63, 3.8) is 0 Å². The number of guanidine groups is 1. The summed E-state index contributed by atoms with van der Waals surface area (Å²) >= 11 is 1.84. The Hall–Kier alpha value is -2.45. The molecule has 0 bridgehead atoms. The number of aliphatic imine (C=N–C) groups is 1. The molecule has 0 aromatic carbocycles. The average Bonchev–Trinajstić information content (AvgIpc) is 3.44. The van der Waals surface area contributed by atoms with E-state index >= 15 is 0 Å². The molecule has 7 nitrogen and oxygen atoms in total. The summed E-state index contributed by atoms with van der Waals surface area (Å²) in [5, 5.41) is 17.6. The molecule has 3 aromatic rings. The Morgan fingerprint density at radius 3 is 2.83 bits per heavy atom. The predicted octanol–water partition coefficient (Wildman–Crippen LogP) is 3.32. The monoisotopic (exact) mass is 425 g/mol. The second-order valence-electron chi connectivity index (χ2n) is 7.87. The summed E-state index contributed by atoms with van der Waals surface area (Å²) in [6.45, 7) is 8.89. The minimum Gasteiger partial charge on any atom is -0.357 e. The molecule has 1 aliphatic rings. The standard InChI is InChI=1S/C22H31N7S/c1-3-23-22(25-16-21-27-26-20-8-4-5-11-29(20)21)24-15-18(19-7-6-14-30-19)28-12-9-17(2)10-13-28/h4-8,11,14,17-18H,3,9-10,12-13,15-16H2,1-2H3,(H2,23,24,25). The Kier molecular flexibility index (Phi) is 6.96. The van der Waals surface area contributed by atoms with Gasteiger partial charge in [0.25, 0.3) is 0 Å². The number of fused-ring (bicyclic) bond motifs is 1. The maximum absolute atomic E-state index is 4.77. The van der Waals surface area contributed by atoms with Crippen LogP contribution >= 0.6 is 11.3 Å². The van der Waals surface area contributed by atoms with Gasteiger partial charge in [0.2, 0.25) is 0 Å². The number of rotatable bonds is 7.